The minimum absolute atomic E-state index is 0.00254. The van der Waals surface area contributed by atoms with Crippen LogP contribution in [0, 0.1) is 6.92 Å². The van der Waals surface area contributed by atoms with Gasteiger partial charge in [0.1, 0.15) is 5.75 Å². The molecule has 1 aromatic rings. The van der Waals surface area contributed by atoms with Crippen LogP contribution in [0.15, 0.2) is 18.2 Å². The van der Waals surface area contributed by atoms with Crippen LogP contribution in [-0.2, 0) is 0 Å². The third-order valence-corrected chi connectivity index (χ3v) is 5.17. The molecule has 23 heavy (non-hydrogen) atoms. The van der Waals surface area contributed by atoms with Gasteiger partial charge in [-0.15, -0.1) is 0 Å². The number of ether oxygens (including phenoxy) is 1. The molecule has 0 radical (unpaired) electrons. The molecule has 1 N–H and O–H groups in total. The minimum atomic E-state index is -0.00254. The Balaban J connectivity index is 1.66. The molecule has 126 valence electrons. The van der Waals surface area contributed by atoms with Crippen LogP contribution in [0.2, 0.25) is 0 Å². The molecule has 1 aromatic carbocycles. The Morgan fingerprint density at radius 2 is 2.09 bits per heavy atom. The fraction of sp³-hybridized carbons (Fsp3) is 0.611. The Hall–Kier alpha value is -1.75. The Morgan fingerprint density at radius 1 is 1.30 bits per heavy atom. The molecular formula is C18H27N3O2. The predicted molar refractivity (Wildman–Crippen MR) is 92.1 cm³/mol. The first kappa shape index (κ1) is 16.1. The van der Waals surface area contributed by atoms with Gasteiger partial charge >= 0.3 is 6.03 Å². The van der Waals surface area contributed by atoms with Gasteiger partial charge in [0.25, 0.3) is 0 Å². The molecule has 2 heterocycles. The summed E-state index contributed by atoms with van der Waals surface area (Å²) in [6.45, 7) is 6.26. The molecular weight excluding hydrogens is 290 g/mol. The van der Waals surface area contributed by atoms with E-state index >= 15 is 0 Å². The molecule has 0 unspecified atom stereocenters. The van der Waals surface area contributed by atoms with E-state index < -0.39 is 0 Å². The van der Waals surface area contributed by atoms with Crippen LogP contribution in [-0.4, -0.2) is 54.7 Å². The van der Waals surface area contributed by atoms with Crippen LogP contribution in [0.1, 0.15) is 31.7 Å². The average Bonchev–Trinajstić information content (AvgIpc) is 2.75. The molecule has 2 aliphatic heterocycles. The Bertz CT molecular complexity index is 575. The molecule has 2 atom stereocenters. The van der Waals surface area contributed by atoms with E-state index in [1.807, 2.05) is 36.9 Å². The summed E-state index contributed by atoms with van der Waals surface area (Å²) in [6, 6.07) is 6.97. The van der Waals surface area contributed by atoms with Crippen LogP contribution in [0.25, 0.3) is 0 Å². The predicted octanol–water partition coefficient (Wildman–Crippen LogP) is 3.09. The molecule has 3 rings (SSSR count). The Kier molecular flexibility index (Phi) is 4.76. The first-order chi connectivity index (χ1) is 11.1. The van der Waals surface area contributed by atoms with Crippen LogP contribution in [0.4, 0.5) is 10.5 Å². The highest BCUT2D eigenvalue weighted by atomic mass is 16.5. The summed E-state index contributed by atoms with van der Waals surface area (Å²) in [6.07, 6.45) is 3.54. The number of anilines is 1. The van der Waals surface area contributed by atoms with Gasteiger partial charge in [0.2, 0.25) is 0 Å². The van der Waals surface area contributed by atoms with Crippen molar-refractivity contribution >= 4 is 11.7 Å². The topological polar surface area (TPSA) is 44.8 Å². The number of rotatable bonds is 3. The maximum atomic E-state index is 12.6. The van der Waals surface area contributed by atoms with E-state index in [-0.39, 0.29) is 6.03 Å². The number of hydrogen-bond acceptors (Lipinski definition) is 3. The molecule has 2 bridgehead atoms. The van der Waals surface area contributed by atoms with Crippen molar-refractivity contribution < 1.29 is 9.53 Å². The first-order valence-electron chi connectivity index (χ1n) is 8.59. The van der Waals surface area contributed by atoms with Gasteiger partial charge in [-0.25, -0.2) is 4.79 Å². The number of benzene rings is 1. The highest BCUT2D eigenvalue weighted by Crippen LogP contribution is 2.29. The minimum Gasteiger partial charge on any atom is -0.494 e. The summed E-state index contributed by atoms with van der Waals surface area (Å²) in [7, 11) is 2.19. The van der Waals surface area contributed by atoms with E-state index in [9.17, 15) is 4.79 Å². The number of likely N-dealkylation sites (N-methyl/N-ethyl adjacent to an activating group) is 1. The van der Waals surface area contributed by atoms with Gasteiger partial charge < -0.3 is 15.0 Å². The highest BCUT2D eigenvalue weighted by molar-refractivity contribution is 5.89. The number of carbonyl (C=O) groups excluding carboxylic acids is 1. The molecule has 2 fully saturated rings. The van der Waals surface area contributed by atoms with E-state index in [0.29, 0.717) is 18.7 Å². The molecule has 0 saturated carbocycles. The maximum Gasteiger partial charge on any atom is 0.321 e. The van der Waals surface area contributed by atoms with E-state index in [4.69, 9.17) is 4.74 Å². The second-order valence-electron chi connectivity index (χ2n) is 6.63. The van der Waals surface area contributed by atoms with Crippen molar-refractivity contribution in [3.8, 4) is 5.75 Å². The summed E-state index contributed by atoms with van der Waals surface area (Å²) in [5.41, 5.74) is 1.88. The number of urea groups is 1. The van der Waals surface area contributed by atoms with Crippen LogP contribution in [0.3, 0.4) is 0 Å². The SMILES string of the molecule is CCOc1cc(NC(=O)N2CC[C@H]3CC[C@@H](C2)N3C)ccc1C. The van der Waals surface area contributed by atoms with E-state index in [0.717, 1.165) is 36.5 Å². The zero-order chi connectivity index (χ0) is 16.4. The van der Waals surface area contributed by atoms with Crippen molar-refractivity contribution in [2.24, 2.45) is 0 Å². The zero-order valence-corrected chi connectivity index (χ0v) is 14.3. The van der Waals surface area contributed by atoms with Crippen LogP contribution in [0.5, 0.6) is 5.75 Å². The number of nitrogens with zero attached hydrogens (tertiary/aromatic N) is 2. The molecule has 0 aliphatic carbocycles. The zero-order valence-electron chi connectivity index (χ0n) is 14.3. The van der Waals surface area contributed by atoms with Crippen LogP contribution < -0.4 is 10.1 Å². The fourth-order valence-corrected chi connectivity index (χ4v) is 3.68. The number of hydrogen-bond donors (Lipinski definition) is 1. The van der Waals surface area contributed by atoms with Crippen molar-refractivity contribution in [3.05, 3.63) is 23.8 Å². The van der Waals surface area contributed by atoms with Gasteiger partial charge in [-0.1, -0.05) is 6.07 Å². The third-order valence-electron chi connectivity index (χ3n) is 5.17. The summed E-state index contributed by atoms with van der Waals surface area (Å²) in [5.74, 6) is 0.833. The lowest BCUT2D eigenvalue weighted by atomic mass is 10.1. The largest absolute Gasteiger partial charge is 0.494 e. The fourth-order valence-electron chi connectivity index (χ4n) is 3.68. The lowest BCUT2D eigenvalue weighted by Crippen LogP contribution is -2.41. The van der Waals surface area contributed by atoms with Crippen molar-refractivity contribution in [1.82, 2.24) is 9.80 Å². The number of amides is 2. The summed E-state index contributed by atoms with van der Waals surface area (Å²) < 4.78 is 5.61. The second kappa shape index (κ2) is 6.79. The highest BCUT2D eigenvalue weighted by Gasteiger charge is 2.35. The van der Waals surface area contributed by atoms with Gasteiger partial charge in [-0.05, 0) is 51.8 Å². The van der Waals surface area contributed by atoms with Crippen molar-refractivity contribution in [2.45, 2.75) is 45.2 Å². The van der Waals surface area contributed by atoms with Gasteiger partial charge in [-0.2, -0.15) is 0 Å². The monoisotopic (exact) mass is 317 g/mol. The summed E-state index contributed by atoms with van der Waals surface area (Å²) in [4.78, 5) is 17.0. The maximum absolute atomic E-state index is 12.6. The number of carbonyl (C=O) groups is 1. The summed E-state index contributed by atoms with van der Waals surface area (Å²) >= 11 is 0. The number of likely N-dealkylation sites (tertiary alicyclic amines) is 1. The third kappa shape index (κ3) is 3.44. The normalized spacial score (nSPS) is 24.4. The molecule has 0 spiro atoms. The molecule has 2 aliphatic rings. The number of nitrogens with one attached hydrogen (secondary N) is 1. The van der Waals surface area contributed by atoms with Crippen molar-refractivity contribution in [3.63, 3.8) is 0 Å². The standard InChI is InChI=1S/C18H27N3O2/c1-4-23-17-11-14(6-5-13(17)2)19-18(22)21-10-9-15-7-8-16(12-21)20(15)3/h5-6,11,15-16H,4,7-10,12H2,1-3H3,(H,19,22)/t15-,16+/m1/s1. The molecule has 0 aromatic heterocycles. The second-order valence-corrected chi connectivity index (χ2v) is 6.63. The smallest absolute Gasteiger partial charge is 0.321 e. The molecule has 2 amide bonds. The van der Waals surface area contributed by atoms with E-state index in [1.165, 1.54) is 12.8 Å². The van der Waals surface area contributed by atoms with Gasteiger partial charge in [0.15, 0.2) is 0 Å². The number of fused-ring (bicyclic) bond motifs is 2. The first-order valence-corrected chi connectivity index (χ1v) is 8.59. The van der Waals surface area contributed by atoms with Gasteiger partial charge in [0, 0.05) is 36.9 Å². The lowest BCUT2D eigenvalue weighted by Gasteiger charge is -2.26. The Labute approximate surface area is 138 Å². The van der Waals surface area contributed by atoms with E-state index in [2.05, 4.69) is 17.3 Å². The Morgan fingerprint density at radius 3 is 2.87 bits per heavy atom. The molecule has 5 heteroatoms. The quantitative estimate of drug-likeness (QED) is 0.932. The molecule has 2 saturated heterocycles. The van der Waals surface area contributed by atoms with Gasteiger partial charge in [0.05, 0.1) is 6.61 Å². The van der Waals surface area contributed by atoms with Crippen molar-refractivity contribution in [1.29, 1.82) is 0 Å². The average molecular weight is 317 g/mol. The lowest BCUT2D eigenvalue weighted by molar-refractivity contribution is 0.200. The summed E-state index contributed by atoms with van der Waals surface area (Å²) in [5, 5.41) is 3.03. The van der Waals surface area contributed by atoms with Gasteiger partial charge in [-0.3, -0.25) is 4.90 Å². The molecule has 5 nitrogen and oxygen atoms in total. The van der Waals surface area contributed by atoms with Crippen LogP contribution >= 0.6 is 0 Å². The van der Waals surface area contributed by atoms with Crippen molar-refractivity contribution in [2.75, 3.05) is 32.1 Å². The number of aryl methyl sites for hydroxylation is 1. The van der Waals surface area contributed by atoms with E-state index in [1.54, 1.807) is 0 Å².